The van der Waals surface area contributed by atoms with Crippen molar-refractivity contribution in [2.45, 2.75) is 35.1 Å². The molecular weight excluding hydrogens is 358 g/mol. The Labute approximate surface area is 148 Å². The molecule has 7 heteroatoms. The minimum atomic E-state index is -3.57. The van der Waals surface area contributed by atoms with Crippen molar-refractivity contribution in [1.29, 1.82) is 0 Å². The number of hydrogen-bond acceptors (Lipinski definition) is 5. The average Bonchev–Trinajstić information content (AvgIpc) is 2.53. The first-order valence-corrected chi connectivity index (χ1v) is 11.8. The Bertz CT molecular complexity index is 1010. The Balaban J connectivity index is 2.04. The maximum Gasteiger partial charge on any atom is 0.177 e. The molecular formula is C18H21NO4S2. The fourth-order valence-corrected chi connectivity index (χ4v) is 4.84. The van der Waals surface area contributed by atoms with E-state index in [1.807, 2.05) is 12.1 Å². The van der Waals surface area contributed by atoms with Gasteiger partial charge < -0.3 is 5.32 Å². The minimum absolute atomic E-state index is 0.00233. The summed E-state index contributed by atoms with van der Waals surface area (Å²) in [6, 6.07) is 12.4. The fourth-order valence-electron chi connectivity index (χ4n) is 3.25. The molecule has 0 aromatic heterocycles. The van der Waals surface area contributed by atoms with Gasteiger partial charge in [0.05, 0.1) is 21.5 Å². The molecule has 3 rings (SSSR count). The van der Waals surface area contributed by atoms with Crippen LogP contribution in [0.2, 0.25) is 0 Å². The Morgan fingerprint density at radius 1 is 0.960 bits per heavy atom. The molecule has 0 unspecified atom stereocenters. The van der Waals surface area contributed by atoms with Crippen molar-refractivity contribution in [3.63, 3.8) is 0 Å². The summed E-state index contributed by atoms with van der Waals surface area (Å²) in [5.74, 6) is 0. The lowest BCUT2D eigenvalue weighted by atomic mass is 9.87. The van der Waals surface area contributed by atoms with Crippen molar-refractivity contribution in [3.05, 3.63) is 53.6 Å². The van der Waals surface area contributed by atoms with Gasteiger partial charge in [-0.3, -0.25) is 0 Å². The molecule has 2 aromatic carbocycles. The Kier molecular flexibility index (Phi) is 4.64. The van der Waals surface area contributed by atoms with Crippen LogP contribution in [-0.2, 0) is 26.1 Å². The molecule has 1 atom stereocenters. The Hall–Kier alpha value is -1.86. The van der Waals surface area contributed by atoms with E-state index in [1.165, 1.54) is 23.3 Å². The maximum absolute atomic E-state index is 12.2. The van der Waals surface area contributed by atoms with E-state index in [9.17, 15) is 16.8 Å². The minimum Gasteiger partial charge on any atom is -0.377 e. The van der Waals surface area contributed by atoms with Gasteiger partial charge in [0.15, 0.2) is 19.7 Å². The summed E-state index contributed by atoms with van der Waals surface area (Å²) in [7, 11) is -7.05. The van der Waals surface area contributed by atoms with Gasteiger partial charge >= 0.3 is 0 Å². The van der Waals surface area contributed by atoms with Crippen LogP contribution in [0.5, 0.6) is 0 Å². The van der Waals surface area contributed by atoms with Crippen LogP contribution < -0.4 is 5.32 Å². The molecule has 1 aliphatic rings. The average molecular weight is 380 g/mol. The summed E-state index contributed by atoms with van der Waals surface area (Å²) in [6.07, 6.45) is 5.09. The molecule has 0 amide bonds. The second kappa shape index (κ2) is 6.46. The van der Waals surface area contributed by atoms with Gasteiger partial charge in [0.2, 0.25) is 0 Å². The molecule has 0 radical (unpaired) electrons. The van der Waals surface area contributed by atoms with Crippen molar-refractivity contribution in [2.24, 2.45) is 0 Å². The third-order valence-electron chi connectivity index (χ3n) is 4.48. The number of benzene rings is 2. The third kappa shape index (κ3) is 3.88. The Morgan fingerprint density at radius 3 is 2.36 bits per heavy atom. The lowest BCUT2D eigenvalue weighted by Gasteiger charge is -2.28. The van der Waals surface area contributed by atoms with Gasteiger partial charge in [0, 0.05) is 12.5 Å². The zero-order valence-electron chi connectivity index (χ0n) is 14.2. The molecule has 134 valence electrons. The molecule has 1 N–H and O–H groups in total. The van der Waals surface area contributed by atoms with E-state index < -0.39 is 19.7 Å². The van der Waals surface area contributed by atoms with Gasteiger partial charge in [-0.1, -0.05) is 24.3 Å². The molecule has 25 heavy (non-hydrogen) atoms. The van der Waals surface area contributed by atoms with E-state index in [1.54, 1.807) is 6.07 Å². The summed E-state index contributed by atoms with van der Waals surface area (Å²) in [6.45, 7) is 0. The number of aryl methyl sites for hydroxylation is 1. The van der Waals surface area contributed by atoms with Crippen LogP contribution in [-0.4, -0.2) is 29.3 Å². The van der Waals surface area contributed by atoms with E-state index in [0.29, 0.717) is 5.69 Å². The zero-order valence-corrected chi connectivity index (χ0v) is 15.8. The quantitative estimate of drug-likeness (QED) is 0.883. The largest absolute Gasteiger partial charge is 0.377 e. The normalized spacial score (nSPS) is 17.8. The van der Waals surface area contributed by atoms with Crippen LogP contribution >= 0.6 is 0 Å². The van der Waals surface area contributed by atoms with Crippen LogP contribution in [0.25, 0.3) is 0 Å². The van der Waals surface area contributed by atoms with Crippen LogP contribution in [0.1, 0.15) is 30.0 Å². The lowest BCUT2D eigenvalue weighted by Crippen LogP contribution is -2.18. The molecule has 0 saturated heterocycles. The summed E-state index contributed by atoms with van der Waals surface area (Å²) in [4.78, 5) is 0.0148. The number of anilines is 1. The third-order valence-corrected chi connectivity index (χ3v) is 6.73. The van der Waals surface area contributed by atoms with Gasteiger partial charge in [-0.2, -0.15) is 0 Å². The monoisotopic (exact) mass is 379 g/mol. The van der Waals surface area contributed by atoms with E-state index >= 15 is 0 Å². The van der Waals surface area contributed by atoms with E-state index in [0.717, 1.165) is 31.8 Å². The van der Waals surface area contributed by atoms with Crippen molar-refractivity contribution >= 4 is 25.4 Å². The molecule has 1 aliphatic carbocycles. The van der Waals surface area contributed by atoms with E-state index in [2.05, 4.69) is 17.4 Å². The van der Waals surface area contributed by atoms with Gasteiger partial charge in [-0.15, -0.1) is 0 Å². The highest BCUT2D eigenvalue weighted by atomic mass is 32.2. The second-order valence-electron chi connectivity index (χ2n) is 6.49. The van der Waals surface area contributed by atoms with Crippen LogP contribution in [0.15, 0.2) is 52.3 Å². The Morgan fingerprint density at radius 2 is 1.68 bits per heavy atom. The van der Waals surface area contributed by atoms with E-state index in [4.69, 9.17) is 0 Å². The van der Waals surface area contributed by atoms with Gasteiger partial charge in [-0.25, -0.2) is 16.8 Å². The number of sulfone groups is 2. The number of fused-ring (bicyclic) bond motifs is 1. The molecule has 2 aromatic rings. The summed E-state index contributed by atoms with van der Waals surface area (Å²) in [5.41, 5.74) is 2.87. The standard InChI is InChI=1S/C18H21NO4S2/c1-24(20,21)14-10-11-17(18(12-14)25(2,22)23)19-16-9-5-7-13-6-3-4-8-15(13)16/h3-4,6,8,10-12,16,19H,5,7,9H2,1-2H3/t16-/m1/s1. The molecule has 0 fully saturated rings. The zero-order chi connectivity index (χ0) is 18.2. The smallest absolute Gasteiger partial charge is 0.177 e. The summed E-state index contributed by atoms with van der Waals surface area (Å²) < 4.78 is 47.9. The SMILES string of the molecule is CS(=O)(=O)c1ccc(N[C@@H]2CCCc3ccccc32)c(S(C)(=O)=O)c1. The number of nitrogens with one attached hydrogen (secondary N) is 1. The summed E-state index contributed by atoms with van der Waals surface area (Å²) in [5, 5.41) is 3.32. The predicted molar refractivity (Wildman–Crippen MR) is 98.4 cm³/mol. The predicted octanol–water partition coefficient (Wildman–Crippen LogP) is 2.98. The summed E-state index contributed by atoms with van der Waals surface area (Å²) >= 11 is 0. The van der Waals surface area contributed by atoms with Crippen LogP contribution in [0.3, 0.4) is 0 Å². The fraction of sp³-hybridized carbons (Fsp3) is 0.333. The highest BCUT2D eigenvalue weighted by Crippen LogP contribution is 2.35. The second-order valence-corrected chi connectivity index (χ2v) is 10.5. The van der Waals surface area contributed by atoms with Gasteiger partial charge in [0.25, 0.3) is 0 Å². The maximum atomic E-state index is 12.2. The van der Waals surface area contributed by atoms with Crippen molar-refractivity contribution < 1.29 is 16.8 Å². The van der Waals surface area contributed by atoms with Crippen molar-refractivity contribution in [2.75, 3.05) is 17.8 Å². The topological polar surface area (TPSA) is 80.3 Å². The first-order chi connectivity index (χ1) is 11.7. The first kappa shape index (κ1) is 17.9. The van der Waals surface area contributed by atoms with Crippen LogP contribution in [0, 0.1) is 0 Å². The number of rotatable bonds is 4. The first-order valence-electron chi connectivity index (χ1n) is 8.05. The molecule has 5 nitrogen and oxygen atoms in total. The highest BCUT2D eigenvalue weighted by molar-refractivity contribution is 7.91. The van der Waals surface area contributed by atoms with Gasteiger partial charge in [0.1, 0.15) is 0 Å². The molecule has 0 spiro atoms. The van der Waals surface area contributed by atoms with Crippen molar-refractivity contribution in [1.82, 2.24) is 0 Å². The van der Waals surface area contributed by atoms with Crippen LogP contribution in [0.4, 0.5) is 5.69 Å². The molecule has 0 heterocycles. The highest BCUT2D eigenvalue weighted by Gasteiger charge is 2.23. The van der Waals surface area contributed by atoms with Crippen molar-refractivity contribution in [3.8, 4) is 0 Å². The van der Waals surface area contributed by atoms with E-state index in [-0.39, 0.29) is 15.8 Å². The molecule has 0 aliphatic heterocycles. The lowest BCUT2D eigenvalue weighted by molar-refractivity contribution is 0.593. The molecule has 0 saturated carbocycles. The number of hydrogen-bond donors (Lipinski definition) is 1. The van der Waals surface area contributed by atoms with Gasteiger partial charge in [-0.05, 0) is 48.6 Å². The molecule has 0 bridgehead atoms.